The Bertz CT molecular complexity index is 526. The van der Waals surface area contributed by atoms with Gasteiger partial charge in [-0.2, -0.15) is 0 Å². The molecule has 0 unspecified atom stereocenters. The van der Waals surface area contributed by atoms with Crippen LogP contribution in [0.1, 0.15) is 5.56 Å². The van der Waals surface area contributed by atoms with Crippen molar-refractivity contribution in [3.8, 4) is 0 Å². The number of hydrogen-bond acceptors (Lipinski definition) is 2. The highest BCUT2D eigenvalue weighted by molar-refractivity contribution is 5.73. The van der Waals surface area contributed by atoms with Gasteiger partial charge in [0.2, 0.25) is 0 Å². The molecule has 0 saturated heterocycles. The number of aldehydes is 1. The summed E-state index contributed by atoms with van der Waals surface area (Å²) in [4.78, 5) is 9.89. The number of rotatable bonds is 2. The molecule has 0 aliphatic heterocycles. The molecule has 1 heterocycles. The standard InChI is InChI=1S/C9H8O.C6H5.C4H4O/c10-8-4-7-9-5-2-1-3-6-9;1-2-4-6-5-3-1;1-2-4-5-3-1/h1-8H;1-5H;1-4H. The lowest BCUT2D eigenvalue weighted by atomic mass is 10.2. The molecule has 0 aliphatic carbocycles. The second-order valence-corrected chi connectivity index (χ2v) is 3.78. The van der Waals surface area contributed by atoms with E-state index in [1.165, 1.54) is 6.08 Å². The van der Waals surface area contributed by atoms with Crippen LogP contribution in [0.15, 0.2) is 95.8 Å². The molecule has 1 aromatic heterocycles. The summed E-state index contributed by atoms with van der Waals surface area (Å²) in [5.41, 5.74) is 1.05. The quantitative estimate of drug-likeness (QED) is 0.503. The van der Waals surface area contributed by atoms with Gasteiger partial charge in [-0.25, -0.2) is 0 Å². The first-order valence-electron chi connectivity index (χ1n) is 6.48. The molecule has 0 amide bonds. The lowest BCUT2D eigenvalue weighted by Crippen LogP contribution is -1.67. The van der Waals surface area contributed by atoms with E-state index in [1.54, 1.807) is 18.6 Å². The van der Waals surface area contributed by atoms with E-state index in [0.717, 1.165) is 11.8 Å². The zero-order valence-electron chi connectivity index (χ0n) is 11.6. The van der Waals surface area contributed by atoms with Gasteiger partial charge in [0.05, 0.1) is 12.5 Å². The smallest absolute Gasteiger partial charge is 0.142 e. The Kier molecular flexibility index (Phi) is 9.39. The van der Waals surface area contributed by atoms with Crippen LogP contribution >= 0.6 is 0 Å². The molecule has 0 N–H and O–H groups in total. The average molecular weight is 277 g/mol. The minimum atomic E-state index is 0.771. The predicted molar refractivity (Wildman–Crippen MR) is 85.5 cm³/mol. The Morgan fingerprint density at radius 2 is 1.43 bits per heavy atom. The second kappa shape index (κ2) is 12.2. The molecule has 2 nitrogen and oxygen atoms in total. The molecule has 2 aromatic carbocycles. The Morgan fingerprint density at radius 3 is 1.81 bits per heavy atom. The highest BCUT2D eigenvalue weighted by Crippen LogP contribution is 1.99. The van der Waals surface area contributed by atoms with Gasteiger partial charge >= 0.3 is 0 Å². The molecule has 3 rings (SSSR count). The van der Waals surface area contributed by atoms with Crippen LogP contribution in [-0.2, 0) is 4.79 Å². The lowest BCUT2D eigenvalue weighted by molar-refractivity contribution is -0.104. The minimum Gasteiger partial charge on any atom is -0.473 e. The van der Waals surface area contributed by atoms with E-state index in [1.807, 2.05) is 72.8 Å². The molecule has 0 saturated carbocycles. The first-order chi connectivity index (χ1) is 10.4. The molecule has 21 heavy (non-hydrogen) atoms. The lowest BCUT2D eigenvalue weighted by Gasteiger charge is -1.86. The van der Waals surface area contributed by atoms with Gasteiger partial charge in [-0.05, 0) is 29.8 Å². The first kappa shape index (κ1) is 16.2. The number of hydrogen-bond donors (Lipinski definition) is 0. The molecule has 0 bridgehead atoms. The summed E-state index contributed by atoms with van der Waals surface area (Å²) >= 11 is 0. The Hall–Kier alpha value is -2.87. The molecule has 105 valence electrons. The fraction of sp³-hybridized carbons (Fsp3) is 0. The maximum atomic E-state index is 9.89. The van der Waals surface area contributed by atoms with E-state index < -0.39 is 0 Å². The third kappa shape index (κ3) is 9.68. The van der Waals surface area contributed by atoms with Crippen LogP contribution in [0.25, 0.3) is 6.08 Å². The molecule has 1 radical (unpaired) electrons. The number of carbonyl (C=O) groups excluding carboxylic acids is 1. The van der Waals surface area contributed by atoms with Gasteiger partial charge in [-0.3, -0.25) is 4.79 Å². The average Bonchev–Trinajstić information content (AvgIpc) is 3.16. The normalized spacial score (nSPS) is 8.95. The van der Waals surface area contributed by atoms with Crippen molar-refractivity contribution in [3.05, 3.63) is 103 Å². The van der Waals surface area contributed by atoms with E-state index in [9.17, 15) is 4.79 Å². The van der Waals surface area contributed by atoms with Gasteiger partial charge in [0.15, 0.2) is 0 Å². The fourth-order valence-corrected chi connectivity index (χ4v) is 1.28. The highest BCUT2D eigenvalue weighted by atomic mass is 16.3. The summed E-state index contributed by atoms with van der Waals surface area (Å²) < 4.78 is 4.58. The summed E-state index contributed by atoms with van der Waals surface area (Å²) in [6.07, 6.45) is 7.27. The number of furan rings is 1. The molecule has 3 aromatic rings. The maximum Gasteiger partial charge on any atom is 0.142 e. The molecular formula is C19H17O2. The van der Waals surface area contributed by atoms with Crippen LogP contribution in [0.5, 0.6) is 0 Å². The van der Waals surface area contributed by atoms with Gasteiger partial charge in [0.1, 0.15) is 6.29 Å². The van der Waals surface area contributed by atoms with Crippen molar-refractivity contribution < 1.29 is 9.21 Å². The monoisotopic (exact) mass is 277 g/mol. The van der Waals surface area contributed by atoms with Crippen molar-refractivity contribution in [2.75, 3.05) is 0 Å². The van der Waals surface area contributed by atoms with Crippen molar-refractivity contribution in [2.45, 2.75) is 0 Å². The van der Waals surface area contributed by atoms with Crippen LogP contribution in [0.2, 0.25) is 0 Å². The molecule has 0 aliphatic rings. The van der Waals surface area contributed by atoms with Crippen molar-refractivity contribution in [3.63, 3.8) is 0 Å². The van der Waals surface area contributed by atoms with E-state index in [4.69, 9.17) is 0 Å². The van der Waals surface area contributed by atoms with Crippen LogP contribution in [-0.4, -0.2) is 6.29 Å². The summed E-state index contributed by atoms with van der Waals surface area (Å²) in [5, 5.41) is 0. The van der Waals surface area contributed by atoms with Crippen molar-refractivity contribution in [1.29, 1.82) is 0 Å². The fourth-order valence-electron chi connectivity index (χ4n) is 1.28. The molecule has 0 atom stereocenters. The predicted octanol–water partition coefficient (Wildman–Crippen LogP) is 4.67. The summed E-state index contributed by atoms with van der Waals surface area (Å²) in [7, 11) is 0. The Morgan fingerprint density at radius 1 is 0.810 bits per heavy atom. The van der Waals surface area contributed by atoms with Gasteiger partial charge in [-0.15, -0.1) is 0 Å². The van der Waals surface area contributed by atoms with E-state index in [0.29, 0.717) is 0 Å². The zero-order valence-corrected chi connectivity index (χ0v) is 11.6. The van der Waals surface area contributed by atoms with Crippen LogP contribution in [0, 0.1) is 6.07 Å². The number of allylic oxidation sites excluding steroid dienone is 1. The third-order valence-corrected chi connectivity index (χ3v) is 2.20. The van der Waals surface area contributed by atoms with Gasteiger partial charge in [0, 0.05) is 0 Å². The van der Waals surface area contributed by atoms with Crippen LogP contribution < -0.4 is 0 Å². The highest BCUT2D eigenvalue weighted by Gasteiger charge is 1.79. The van der Waals surface area contributed by atoms with E-state index in [-0.39, 0.29) is 0 Å². The largest absolute Gasteiger partial charge is 0.473 e. The minimum absolute atomic E-state index is 0.771. The van der Waals surface area contributed by atoms with Crippen molar-refractivity contribution >= 4 is 12.4 Å². The first-order valence-corrected chi connectivity index (χ1v) is 6.48. The number of benzene rings is 2. The van der Waals surface area contributed by atoms with Gasteiger partial charge in [-0.1, -0.05) is 66.7 Å². The zero-order chi connectivity index (χ0) is 15.0. The van der Waals surface area contributed by atoms with Crippen molar-refractivity contribution in [1.82, 2.24) is 0 Å². The van der Waals surface area contributed by atoms with E-state index in [2.05, 4.69) is 10.5 Å². The van der Waals surface area contributed by atoms with Crippen LogP contribution in [0.4, 0.5) is 0 Å². The second-order valence-electron chi connectivity index (χ2n) is 3.78. The summed E-state index contributed by atoms with van der Waals surface area (Å²) in [6, 6.07) is 25.9. The molecule has 2 heteroatoms. The SMILES string of the molecule is O=CC=Cc1ccccc1.[c]1ccccc1.c1ccoc1. The van der Waals surface area contributed by atoms with Crippen LogP contribution in [0.3, 0.4) is 0 Å². The van der Waals surface area contributed by atoms with Gasteiger partial charge in [0.25, 0.3) is 0 Å². The molecular weight excluding hydrogens is 260 g/mol. The van der Waals surface area contributed by atoms with E-state index >= 15 is 0 Å². The summed E-state index contributed by atoms with van der Waals surface area (Å²) in [5.74, 6) is 0. The third-order valence-electron chi connectivity index (χ3n) is 2.20. The molecule has 0 fully saturated rings. The summed E-state index contributed by atoms with van der Waals surface area (Å²) in [6.45, 7) is 0. The Labute approximate surface area is 125 Å². The molecule has 0 spiro atoms. The maximum absolute atomic E-state index is 9.89. The Balaban J connectivity index is 0.000000170. The van der Waals surface area contributed by atoms with Crippen molar-refractivity contribution in [2.24, 2.45) is 0 Å². The van der Waals surface area contributed by atoms with Gasteiger partial charge < -0.3 is 4.42 Å². The number of carbonyl (C=O) groups is 1. The topological polar surface area (TPSA) is 30.2 Å².